The average Bonchev–Trinajstić information content (AvgIpc) is 2.69. The van der Waals surface area contributed by atoms with Crippen molar-refractivity contribution in [2.45, 2.75) is 26.1 Å². The van der Waals surface area contributed by atoms with E-state index in [0.29, 0.717) is 6.54 Å². The zero-order valence-corrected chi connectivity index (χ0v) is 15.8. The minimum absolute atomic E-state index is 0.283. The van der Waals surface area contributed by atoms with E-state index in [0.717, 1.165) is 24.4 Å². The van der Waals surface area contributed by atoms with Crippen molar-refractivity contribution < 1.29 is 9.84 Å². The van der Waals surface area contributed by atoms with E-state index in [-0.39, 0.29) is 6.61 Å². The van der Waals surface area contributed by atoms with E-state index in [9.17, 15) is 5.11 Å². The van der Waals surface area contributed by atoms with Crippen molar-refractivity contribution in [2.24, 2.45) is 0 Å². The second-order valence-corrected chi connectivity index (χ2v) is 6.87. The lowest BCUT2D eigenvalue weighted by atomic mass is 10.1. The molecule has 3 rings (SSSR count). The van der Waals surface area contributed by atoms with Crippen LogP contribution in [-0.4, -0.2) is 29.3 Å². The number of ether oxygens (including phenoxy) is 1. The number of aliphatic hydroxyl groups excluding tert-OH is 1. The van der Waals surface area contributed by atoms with Gasteiger partial charge in [0, 0.05) is 19.6 Å². The molecule has 0 spiro atoms. The van der Waals surface area contributed by atoms with E-state index in [1.54, 1.807) is 0 Å². The Morgan fingerprint density at radius 1 is 0.778 bits per heavy atom. The predicted molar refractivity (Wildman–Crippen MR) is 110 cm³/mol. The fourth-order valence-electron chi connectivity index (χ4n) is 3.12. The molecule has 1 atom stereocenters. The van der Waals surface area contributed by atoms with Crippen molar-refractivity contribution in [2.75, 3.05) is 13.2 Å². The predicted octanol–water partition coefficient (Wildman–Crippen LogP) is 4.44. The summed E-state index contributed by atoms with van der Waals surface area (Å²) in [5.41, 5.74) is 3.55. The maximum absolute atomic E-state index is 10.6. The molecule has 1 N–H and O–H groups in total. The van der Waals surface area contributed by atoms with Crippen LogP contribution in [0, 0.1) is 6.92 Å². The summed E-state index contributed by atoms with van der Waals surface area (Å²) in [5, 5.41) is 10.6. The molecule has 0 saturated heterocycles. The molecule has 0 unspecified atom stereocenters. The normalized spacial score (nSPS) is 12.1. The standard InChI is InChI=1S/C24H27NO2/c1-20-10-8-9-15-24(20)27-19-23(26)18-25(16-21-11-4-2-5-12-21)17-22-13-6-3-7-14-22/h2-15,23,26H,16-19H2,1H3/t23-/m0/s1. The van der Waals surface area contributed by atoms with E-state index >= 15 is 0 Å². The highest BCUT2D eigenvalue weighted by atomic mass is 16.5. The third-order valence-electron chi connectivity index (χ3n) is 4.49. The number of hydrogen-bond donors (Lipinski definition) is 1. The fraction of sp³-hybridized carbons (Fsp3) is 0.250. The lowest BCUT2D eigenvalue weighted by molar-refractivity contribution is 0.0626. The quantitative estimate of drug-likeness (QED) is 0.612. The molecule has 3 nitrogen and oxygen atoms in total. The number of para-hydroxylation sites is 1. The highest BCUT2D eigenvalue weighted by Gasteiger charge is 2.14. The van der Waals surface area contributed by atoms with Crippen LogP contribution in [0.15, 0.2) is 84.9 Å². The molecule has 0 heterocycles. The van der Waals surface area contributed by atoms with Gasteiger partial charge in [0.15, 0.2) is 0 Å². The van der Waals surface area contributed by atoms with Crippen LogP contribution in [-0.2, 0) is 13.1 Å². The van der Waals surface area contributed by atoms with Gasteiger partial charge in [-0.05, 0) is 29.7 Å². The molecule has 0 amide bonds. The number of nitrogens with zero attached hydrogens (tertiary/aromatic N) is 1. The Hall–Kier alpha value is -2.62. The van der Waals surface area contributed by atoms with E-state index in [4.69, 9.17) is 4.74 Å². The van der Waals surface area contributed by atoms with Crippen LogP contribution in [0.25, 0.3) is 0 Å². The summed E-state index contributed by atoms with van der Waals surface area (Å²) in [6, 6.07) is 28.6. The molecular weight excluding hydrogens is 334 g/mol. The zero-order chi connectivity index (χ0) is 18.9. The Morgan fingerprint density at radius 2 is 1.30 bits per heavy atom. The third kappa shape index (κ3) is 6.24. The first-order valence-electron chi connectivity index (χ1n) is 9.37. The lowest BCUT2D eigenvalue weighted by Gasteiger charge is -2.25. The van der Waals surface area contributed by atoms with Crippen LogP contribution in [0.1, 0.15) is 16.7 Å². The number of aryl methyl sites for hydroxylation is 1. The van der Waals surface area contributed by atoms with Gasteiger partial charge >= 0.3 is 0 Å². The topological polar surface area (TPSA) is 32.7 Å². The van der Waals surface area contributed by atoms with Crippen molar-refractivity contribution in [3.63, 3.8) is 0 Å². The molecule has 3 heteroatoms. The second-order valence-electron chi connectivity index (χ2n) is 6.87. The van der Waals surface area contributed by atoms with E-state index in [1.807, 2.05) is 67.6 Å². The molecule has 0 aliphatic rings. The summed E-state index contributed by atoms with van der Waals surface area (Å²) < 4.78 is 5.82. The molecule has 0 aliphatic carbocycles. The molecule has 0 radical (unpaired) electrons. The Bertz CT molecular complexity index is 763. The minimum Gasteiger partial charge on any atom is -0.491 e. The molecule has 27 heavy (non-hydrogen) atoms. The SMILES string of the molecule is Cc1ccccc1OC[C@@H](O)CN(Cc1ccccc1)Cc1ccccc1. The van der Waals surface area contributed by atoms with E-state index in [1.165, 1.54) is 11.1 Å². The second kappa shape index (κ2) is 9.91. The van der Waals surface area contributed by atoms with Gasteiger partial charge < -0.3 is 9.84 Å². The highest BCUT2D eigenvalue weighted by molar-refractivity contribution is 5.31. The van der Waals surface area contributed by atoms with Crippen LogP contribution >= 0.6 is 0 Å². The molecule has 0 aromatic heterocycles. The Labute approximate surface area is 161 Å². The van der Waals surface area contributed by atoms with Crippen molar-refractivity contribution >= 4 is 0 Å². The molecule has 3 aromatic rings. The molecule has 0 bridgehead atoms. The molecule has 140 valence electrons. The van der Waals surface area contributed by atoms with Crippen LogP contribution in [0.2, 0.25) is 0 Å². The van der Waals surface area contributed by atoms with Crippen molar-refractivity contribution in [3.05, 3.63) is 102 Å². The molecular formula is C24H27NO2. The number of rotatable bonds is 9. The first-order chi connectivity index (χ1) is 13.2. The summed E-state index contributed by atoms with van der Waals surface area (Å²) in [5.74, 6) is 0.828. The molecule has 3 aromatic carbocycles. The number of benzene rings is 3. The van der Waals surface area contributed by atoms with Crippen LogP contribution < -0.4 is 4.74 Å². The van der Waals surface area contributed by atoms with Crippen molar-refractivity contribution in [3.8, 4) is 5.75 Å². The van der Waals surface area contributed by atoms with Crippen LogP contribution in [0.4, 0.5) is 0 Å². The Morgan fingerprint density at radius 3 is 1.85 bits per heavy atom. The maximum atomic E-state index is 10.6. The third-order valence-corrected chi connectivity index (χ3v) is 4.49. The van der Waals surface area contributed by atoms with Gasteiger partial charge in [0.2, 0.25) is 0 Å². The summed E-state index contributed by atoms with van der Waals surface area (Å²) in [6.45, 7) is 4.42. The van der Waals surface area contributed by atoms with Gasteiger partial charge in [0.25, 0.3) is 0 Å². The van der Waals surface area contributed by atoms with Gasteiger partial charge in [-0.15, -0.1) is 0 Å². The Kier molecular flexibility index (Phi) is 7.03. The zero-order valence-electron chi connectivity index (χ0n) is 15.8. The van der Waals surface area contributed by atoms with Gasteiger partial charge in [-0.1, -0.05) is 78.9 Å². The van der Waals surface area contributed by atoms with Gasteiger partial charge in [-0.2, -0.15) is 0 Å². The number of aliphatic hydroxyl groups is 1. The van der Waals surface area contributed by atoms with Gasteiger partial charge in [-0.3, -0.25) is 4.90 Å². The first-order valence-corrected chi connectivity index (χ1v) is 9.37. The van der Waals surface area contributed by atoms with E-state index in [2.05, 4.69) is 29.2 Å². The smallest absolute Gasteiger partial charge is 0.122 e. The summed E-state index contributed by atoms with van der Waals surface area (Å²) in [6.07, 6.45) is -0.558. The highest BCUT2D eigenvalue weighted by Crippen LogP contribution is 2.17. The average molecular weight is 361 g/mol. The van der Waals surface area contributed by atoms with E-state index < -0.39 is 6.10 Å². The van der Waals surface area contributed by atoms with Crippen LogP contribution in [0.3, 0.4) is 0 Å². The summed E-state index contributed by atoms with van der Waals surface area (Å²) in [4.78, 5) is 2.26. The van der Waals surface area contributed by atoms with Gasteiger partial charge in [0.05, 0.1) is 0 Å². The number of hydrogen-bond acceptors (Lipinski definition) is 3. The first kappa shape index (κ1) is 19.2. The lowest BCUT2D eigenvalue weighted by Crippen LogP contribution is -2.35. The minimum atomic E-state index is -0.558. The summed E-state index contributed by atoms with van der Waals surface area (Å²) in [7, 11) is 0. The molecule has 0 aliphatic heterocycles. The molecule has 0 fully saturated rings. The summed E-state index contributed by atoms with van der Waals surface area (Å²) >= 11 is 0. The largest absolute Gasteiger partial charge is 0.491 e. The van der Waals surface area contributed by atoms with Crippen molar-refractivity contribution in [1.82, 2.24) is 4.90 Å². The van der Waals surface area contributed by atoms with Crippen LogP contribution in [0.5, 0.6) is 5.75 Å². The maximum Gasteiger partial charge on any atom is 0.122 e. The monoisotopic (exact) mass is 361 g/mol. The fourth-order valence-corrected chi connectivity index (χ4v) is 3.12. The molecule has 0 saturated carbocycles. The van der Waals surface area contributed by atoms with Gasteiger partial charge in [-0.25, -0.2) is 0 Å². The van der Waals surface area contributed by atoms with Gasteiger partial charge in [0.1, 0.15) is 18.5 Å². The Balaban J connectivity index is 1.62. The van der Waals surface area contributed by atoms with Crippen molar-refractivity contribution in [1.29, 1.82) is 0 Å².